The second kappa shape index (κ2) is 8.09. The van der Waals surface area contributed by atoms with Gasteiger partial charge in [0.15, 0.2) is 0 Å². The van der Waals surface area contributed by atoms with Crippen molar-refractivity contribution in [2.75, 3.05) is 5.32 Å². The summed E-state index contributed by atoms with van der Waals surface area (Å²) >= 11 is 0. The number of aromatic nitrogens is 2. The molecule has 1 saturated heterocycles. The van der Waals surface area contributed by atoms with Gasteiger partial charge in [-0.25, -0.2) is 0 Å². The van der Waals surface area contributed by atoms with Crippen molar-refractivity contribution in [2.45, 2.75) is 82.2 Å². The number of rotatable bonds is 3. The van der Waals surface area contributed by atoms with Gasteiger partial charge in [0.25, 0.3) is 0 Å². The highest BCUT2D eigenvalue weighted by Gasteiger charge is 2.38. The molecule has 140 valence electrons. The van der Waals surface area contributed by atoms with Gasteiger partial charge in [0.2, 0.25) is 5.91 Å². The summed E-state index contributed by atoms with van der Waals surface area (Å²) in [7, 11) is 1.93. The highest BCUT2D eigenvalue weighted by molar-refractivity contribution is 5.94. The molecule has 25 heavy (non-hydrogen) atoms. The molecule has 0 aromatic carbocycles. The average molecular weight is 367 g/mol. The zero-order valence-corrected chi connectivity index (χ0v) is 16.0. The summed E-state index contributed by atoms with van der Waals surface area (Å²) in [6.45, 7) is 0. The third-order valence-electron chi connectivity index (χ3n) is 6.35. The van der Waals surface area contributed by atoms with E-state index in [1.165, 1.54) is 57.8 Å². The Balaban J connectivity index is 0.00000182. The monoisotopic (exact) mass is 366 g/mol. The Bertz CT molecular complexity index is 582. The van der Waals surface area contributed by atoms with Crippen molar-refractivity contribution in [1.29, 1.82) is 0 Å². The number of hydrogen-bond donors (Lipinski definition) is 2. The third kappa shape index (κ3) is 4.03. The molecule has 1 aliphatic heterocycles. The van der Waals surface area contributed by atoms with E-state index in [1.54, 1.807) is 0 Å². The summed E-state index contributed by atoms with van der Waals surface area (Å²) in [4.78, 5) is 12.7. The number of carbonyl (C=O) groups excluding carboxylic acids is 1. The Hall–Kier alpha value is -1.07. The number of nitrogens with zero attached hydrogens (tertiary/aromatic N) is 2. The van der Waals surface area contributed by atoms with Gasteiger partial charge in [-0.15, -0.1) is 12.4 Å². The van der Waals surface area contributed by atoms with Gasteiger partial charge in [0, 0.05) is 25.1 Å². The molecule has 0 bridgehead atoms. The Kier molecular flexibility index (Phi) is 6.05. The summed E-state index contributed by atoms with van der Waals surface area (Å²) < 4.78 is 1.84. The fourth-order valence-electron chi connectivity index (χ4n) is 4.94. The van der Waals surface area contributed by atoms with Crippen LogP contribution in [-0.4, -0.2) is 27.8 Å². The molecule has 4 rings (SSSR count). The molecule has 2 N–H and O–H groups in total. The van der Waals surface area contributed by atoms with Crippen LogP contribution in [0.15, 0.2) is 6.07 Å². The van der Waals surface area contributed by atoms with E-state index in [9.17, 15) is 4.79 Å². The van der Waals surface area contributed by atoms with E-state index in [1.807, 2.05) is 11.7 Å². The van der Waals surface area contributed by atoms with Gasteiger partial charge >= 0.3 is 0 Å². The molecule has 2 heterocycles. The molecule has 6 heteroatoms. The normalized spacial score (nSPS) is 29.7. The SMILES string of the molecule is Cl.Cn1nc(C2CCCCC2)cc1NC(=O)C1CC2CCCCC2N1. The molecular weight excluding hydrogens is 336 g/mol. The number of fused-ring (bicyclic) bond motifs is 1. The number of carbonyl (C=O) groups is 1. The van der Waals surface area contributed by atoms with Crippen LogP contribution in [0.5, 0.6) is 0 Å². The van der Waals surface area contributed by atoms with Gasteiger partial charge in [-0.3, -0.25) is 9.48 Å². The fourth-order valence-corrected chi connectivity index (χ4v) is 4.94. The maximum absolute atomic E-state index is 12.7. The summed E-state index contributed by atoms with van der Waals surface area (Å²) in [5.74, 6) is 2.22. The van der Waals surface area contributed by atoms with Gasteiger partial charge in [0.1, 0.15) is 5.82 Å². The standard InChI is InChI=1S/C19H30N4O.ClH/c1-23-18(12-16(22-23)13-7-3-2-4-8-13)21-19(24)17-11-14-9-5-6-10-15(14)20-17;/h12-15,17,20H,2-11H2,1H3,(H,21,24);1H. The number of halogens is 1. The van der Waals surface area contributed by atoms with Crippen molar-refractivity contribution < 1.29 is 4.79 Å². The molecule has 0 radical (unpaired) electrons. The van der Waals surface area contributed by atoms with E-state index in [-0.39, 0.29) is 24.4 Å². The second-order valence-electron chi connectivity index (χ2n) is 8.01. The molecule has 3 fully saturated rings. The molecule has 2 aliphatic carbocycles. The molecule has 3 aliphatic rings. The quantitative estimate of drug-likeness (QED) is 0.856. The Morgan fingerprint density at radius 3 is 2.64 bits per heavy atom. The van der Waals surface area contributed by atoms with Crippen molar-refractivity contribution in [3.05, 3.63) is 11.8 Å². The van der Waals surface area contributed by atoms with Gasteiger partial charge in [-0.1, -0.05) is 32.1 Å². The van der Waals surface area contributed by atoms with Crippen LogP contribution in [0.25, 0.3) is 0 Å². The predicted octanol–water partition coefficient (Wildman–Crippen LogP) is 3.75. The largest absolute Gasteiger partial charge is 0.310 e. The lowest BCUT2D eigenvalue weighted by atomic mass is 9.85. The lowest BCUT2D eigenvalue weighted by molar-refractivity contribution is -0.117. The van der Waals surface area contributed by atoms with Crippen LogP contribution >= 0.6 is 12.4 Å². The van der Waals surface area contributed by atoms with Crippen LogP contribution in [0.2, 0.25) is 0 Å². The van der Waals surface area contributed by atoms with Crippen LogP contribution in [0.1, 0.15) is 75.8 Å². The van der Waals surface area contributed by atoms with Crippen molar-refractivity contribution in [3.8, 4) is 0 Å². The number of amides is 1. The van der Waals surface area contributed by atoms with Crippen molar-refractivity contribution >= 4 is 24.1 Å². The molecule has 3 atom stereocenters. The minimum absolute atomic E-state index is 0. The number of anilines is 1. The molecule has 3 unspecified atom stereocenters. The molecular formula is C19H31ClN4O. The van der Waals surface area contributed by atoms with Crippen LogP contribution in [0.3, 0.4) is 0 Å². The van der Waals surface area contributed by atoms with Gasteiger partial charge in [-0.05, 0) is 38.0 Å². The fraction of sp³-hybridized carbons (Fsp3) is 0.789. The highest BCUT2D eigenvalue weighted by atomic mass is 35.5. The number of hydrogen-bond acceptors (Lipinski definition) is 3. The predicted molar refractivity (Wildman–Crippen MR) is 102 cm³/mol. The minimum Gasteiger partial charge on any atom is -0.310 e. The smallest absolute Gasteiger partial charge is 0.242 e. The minimum atomic E-state index is -0.0360. The Labute approximate surface area is 156 Å². The Morgan fingerprint density at radius 2 is 1.88 bits per heavy atom. The molecule has 1 aromatic rings. The number of aryl methyl sites for hydroxylation is 1. The van der Waals surface area contributed by atoms with Crippen LogP contribution in [0.4, 0.5) is 5.82 Å². The Morgan fingerprint density at radius 1 is 1.16 bits per heavy atom. The zero-order chi connectivity index (χ0) is 16.5. The molecule has 1 amide bonds. The first-order valence-corrected chi connectivity index (χ1v) is 9.81. The van der Waals surface area contributed by atoms with Gasteiger partial charge in [0.05, 0.1) is 11.7 Å². The highest BCUT2D eigenvalue weighted by Crippen LogP contribution is 2.34. The van der Waals surface area contributed by atoms with E-state index in [0.29, 0.717) is 17.9 Å². The van der Waals surface area contributed by atoms with E-state index in [0.717, 1.165) is 17.9 Å². The van der Waals surface area contributed by atoms with Crippen LogP contribution < -0.4 is 10.6 Å². The first-order chi connectivity index (χ1) is 11.7. The summed E-state index contributed by atoms with van der Waals surface area (Å²) in [6.07, 6.45) is 12.5. The number of nitrogens with one attached hydrogen (secondary N) is 2. The zero-order valence-electron chi connectivity index (χ0n) is 15.2. The summed E-state index contributed by atoms with van der Waals surface area (Å²) in [6, 6.07) is 2.61. The van der Waals surface area contributed by atoms with Crippen LogP contribution in [-0.2, 0) is 11.8 Å². The third-order valence-corrected chi connectivity index (χ3v) is 6.35. The topological polar surface area (TPSA) is 59.0 Å². The molecule has 5 nitrogen and oxygen atoms in total. The van der Waals surface area contributed by atoms with E-state index in [4.69, 9.17) is 0 Å². The lowest BCUT2D eigenvalue weighted by Gasteiger charge is -2.24. The van der Waals surface area contributed by atoms with E-state index >= 15 is 0 Å². The summed E-state index contributed by atoms with van der Waals surface area (Å²) in [5.41, 5.74) is 1.15. The van der Waals surface area contributed by atoms with Gasteiger partial charge in [-0.2, -0.15) is 5.10 Å². The first-order valence-electron chi connectivity index (χ1n) is 9.81. The molecule has 0 spiro atoms. The lowest BCUT2D eigenvalue weighted by Crippen LogP contribution is -2.40. The van der Waals surface area contributed by atoms with Crippen molar-refractivity contribution in [1.82, 2.24) is 15.1 Å². The second-order valence-corrected chi connectivity index (χ2v) is 8.01. The van der Waals surface area contributed by atoms with Crippen molar-refractivity contribution in [3.63, 3.8) is 0 Å². The van der Waals surface area contributed by atoms with E-state index < -0.39 is 0 Å². The first kappa shape index (κ1) is 18.7. The maximum Gasteiger partial charge on any atom is 0.242 e. The molecule has 1 aromatic heterocycles. The maximum atomic E-state index is 12.7. The van der Waals surface area contributed by atoms with Crippen LogP contribution in [0, 0.1) is 5.92 Å². The molecule has 2 saturated carbocycles. The average Bonchev–Trinajstić information content (AvgIpc) is 3.20. The van der Waals surface area contributed by atoms with E-state index in [2.05, 4.69) is 21.8 Å². The van der Waals surface area contributed by atoms with Gasteiger partial charge < -0.3 is 10.6 Å². The van der Waals surface area contributed by atoms with Crippen molar-refractivity contribution in [2.24, 2.45) is 13.0 Å². The summed E-state index contributed by atoms with van der Waals surface area (Å²) in [5, 5.41) is 11.3.